The molecule has 124 valence electrons. The zero-order chi connectivity index (χ0) is 16.7. The third kappa shape index (κ3) is 2.23. The number of hydrogen-bond donors (Lipinski definition) is 2. The lowest BCUT2D eigenvalue weighted by molar-refractivity contribution is 0.310. The lowest BCUT2D eigenvalue weighted by Crippen LogP contribution is -2.44. The highest BCUT2D eigenvalue weighted by molar-refractivity contribution is 5.85. The predicted molar refractivity (Wildman–Crippen MR) is 98.5 cm³/mol. The van der Waals surface area contributed by atoms with Crippen molar-refractivity contribution < 1.29 is 4.74 Å². The molecule has 3 nitrogen and oxygen atoms in total. The molecule has 3 N–H and O–H groups in total. The molecular formula is C21H24N2O. The molecule has 0 saturated heterocycles. The molecule has 1 aliphatic carbocycles. The maximum absolute atomic E-state index is 7.02. The Balaban J connectivity index is 1.80. The van der Waals surface area contributed by atoms with Crippen molar-refractivity contribution in [2.24, 2.45) is 5.73 Å². The monoisotopic (exact) mass is 320 g/mol. The molecule has 0 bridgehead atoms. The topological polar surface area (TPSA) is 51.0 Å². The van der Waals surface area contributed by atoms with Crippen molar-refractivity contribution in [1.82, 2.24) is 4.98 Å². The molecule has 0 amide bonds. The van der Waals surface area contributed by atoms with Crippen molar-refractivity contribution >= 4 is 10.9 Å². The number of aromatic amines is 1. The fourth-order valence-electron chi connectivity index (χ4n) is 4.16. The molecule has 1 aromatic heterocycles. The number of para-hydroxylation sites is 1. The van der Waals surface area contributed by atoms with E-state index < -0.39 is 0 Å². The zero-order valence-electron chi connectivity index (χ0n) is 14.3. The number of aryl methyl sites for hydroxylation is 1. The molecule has 4 rings (SSSR count). The van der Waals surface area contributed by atoms with Gasteiger partial charge in [0.25, 0.3) is 0 Å². The number of fused-ring (bicyclic) bond motifs is 3. The smallest absolute Gasteiger partial charge is 0.118 e. The van der Waals surface area contributed by atoms with E-state index in [9.17, 15) is 0 Å². The first-order valence-electron chi connectivity index (χ1n) is 8.66. The van der Waals surface area contributed by atoms with Crippen LogP contribution in [0.1, 0.15) is 42.5 Å². The Hall–Kier alpha value is -2.26. The minimum atomic E-state index is -0.360. The Morgan fingerprint density at radius 2 is 1.88 bits per heavy atom. The molecular weight excluding hydrogens is 296 g/mol. The first-order valence-corrected chi connectivity index (χ1v) is 8.66. The Morgan fingerprint density at radius 1 is 1.12 bits per heavy atom. The van der Waals surface area contributed by atoms with E-state index in [1.54, 1.807) is 7.11 Å². The Bertz CT molecular complexity index is 865. The SMILES string of the molecule is COc1ccc([C@@H](C)C2(N)CCCc3c2[nH]c2ccccc32)cc1. The van der Waals surface area contributed by atoms with Crippen molar-refractivity contribution in [3.05, 3.63) is 65.4 Å². The number of rotatable bonds is 3. The van der Waals surface area contributed by atoms with Crippen molar-refractivity contribution in [3.63, 3.8) is 0 Å². The Kier molecular flexibility index (Phi) is 3.61. The zero-order valence-corrected chi connectivity index (χ0v) is 14.3. The fourth-order valence-corrected chi connectivity index (χ4v) is 4.16. The summed E-state index contributed by atoms with van der Waals surface area (Å²) < 4.78 is 5.28. The van der Waals surface area contributed by atoms with E-state index in [4.69, 9.17) is 10.5 Å². The van der Waals surface area contributed by atoms with E-state index in [1.165, 1.54) is 27.7 Å². The van der Waals surface area contributed by atoms with Gasteiger partial charge in [0.1, 0.15) is 5.75 Å². The maximum atomic E-state index is 7.02. The summed E-state index contributed by atoms with van der Waals surface area (Å²) >= 11 is 0. The summed E-state index contributed by atoms with van der Waals surface area (Å²) in [5.74, 6) is 1.11. The van der Waals surface area contributed by atoms with Crippen LogP contribution in [0.4, 0.5) is 0 Å². The molecule has 1 unspecified atom stereocenters. The van der Waals surface area contributed by atoms with Gasteiger partial charge >= 0.3 is 0 Å². The number of aromatic nitrogens is 1. The van der Waals surface area contributed by atoms with Crippen molar-refractivity contribution in [3.8, 4) is 5.75 Å². The van der Waals surface area contributed by atoms with Crippen LogP contribution in [-0.2, 0) is 12.0 Å². The van der Waals surface area contributed by atoms with Gasteiger partial charge in [-0.3, -0.25) is 0 Å². The fraction of sp³-hybridized carbons (Fsp3) is 0.333. The lowest BCUT2D eigenvalue weighted by Gasteiger charge is -2.39. The number of methoxy groups -OCH3 is 1. The van der Waals surface area contributed by atoms with E-state index in [0.29, 0.717) is 0 Å². The van der Waals surface area contributed by atoms with Crippen LogP contribution in [0.5, 0.6) is 5.75 Å². The van der Waals surface area contributed by atoms with Crippen molar-refractivity contribution in [1.29, 1.82) is 0 Å². The first kappa shape index (κ1) is 15.3. The minimum Gasteiger partial charge on any atom is -0.497 e. The van der Waals surface area contributed by atoms with Gasteiger partial charge in [0.05, 0.1) is 12.6 Å². The predicted octanol–water partition coefficient (Wildman–Crippen LogP) is 4.47. The molecule has 0 radical (unpaired) electrons. The highest BCUT2D eigenvalue weighted by atomic mass is 16.5. The second-order valence-electron chi connectivity index (χ2n) is 6.91. The van der Waals surface area contributed by atoms with Gasteiger partial charge < -0.3 is 15.5 Å². The first-order chi connectivity index (χ1) is 11.6. The second-order valence-corrected chi connectivity index (χ2v) is 6.91. The molecule has 1 heterocycles. The van der Waals surface area contributed by atoms with Crippen LogP contribution in [0.25, 0.3) is 10.9 Å². The van der Waals surface area contributed by atoms with E-state index in [0.717, 1.165) is 25.0 Å². The van der Waals surface area contributed by atoms with Gasteiger partial charge in [-0.1, -0.05) is 37.3 Å². The molecule has 24 heavy (non-hydrogen) atoms. The molecule has 0 aliphatic heterocycles. The minimum absolute atomic E-state index is 0.232. The van der Waals surface area contributed by atoms with Crippen LogP contribution < -0.4 is 10.5 Å². The number of hydrogen-bond acceptors (Lipinski definition) is 2. The van der Waals surface area contributed by atoms with Gasteiger partial charge in [-0.15, -0.1) is 0 Å². The third-order valence-electron chi connectivity index (χ3n) is 5.68. The van der Waals surface area contributed by atoms with Crippen LogP contribution in [0.15, 0.2) is 48.5 Å². The maximum Gasteiger partial charge on any atom is 0.118 e. The summed E-state index contributed by atoms with van der Waals surface area (Å²) in [4.78, 5) is 3.63. The van der Waals surface area contributed by atoms with E-state index in [2.05, 4.69) is 48.3 Å². The van der Waals surface area contributed by atoms with Gasteiger partial charge in [-0.05, 0) is 48.6 Å². The highest BCUT2D eigenvalue weighted by Gasteiger charge is 2.40. The quantitative estimate of drug-likeness (QED) is 0.748. The summed E-state index contributed by atoms with van der Waals surface area (Å²) in [7, 11) is 1.70. The molecule has 1 aliphatic rings. The summed E-state index contributed by atoms with van der Waals surface area (Å²) in [6, 6.07) is 16.8. The Labute approximate surface area is 142 Å². The number of H-pyrrole nitrogens is 1. The van der Waals surface area contributed by atoms with Crippen molar-refractivity contribution in [2.75, 3.05) is 7.11 Å². The average Bonchev–Trinajstić information content (AvgIpc) is 3.02. The lowest BCUT2D eigenvalue weighted by atomic mass is 9.71. The van der Waals surface area contributed by atoms with Gasteiger partial charge in [-0.25, -0.2) is 0 Å². The van der Waals surface area contributed by atoms with Gasteiger partial charge in [-0.2, -0.15) is 0 Å². The normalized spacial score (nSPS) is 21.5. The molecule has 0 spiro atoms. The number of ether oxygens (including phenoxy) is 1. The summed E-state index contributed by atoms with van der Waals surface area (Å²) in [5, 5.41) is 1.32. The average molecular weight is 320 g/mol. The van der Waals surface area contributed by atoms with E-state index in [-0.39, 0.29) is 11.5 Å². The Morgan fingerprint density at radius 3 is 2.62 bits per heavy atom. The number of nitrogens with two attached hydrogens (primary N) is 1. The molecule has 3 aromatic rings. The van der Waals surface area contributed by atoms with Gasteiger partial charge in [0, 0.05) is 22.5 Å². The van der Waals surface area contributed by atoms with Gasteiger partial charge in [0.2, 0.25) is 0 Å². The molecule has 2 atom stereocenters. The molecule has 0 saturated carbocycles. The molecule has 0 fully saturated rings. The van der Waals surface area contributed by atoms with Crippen LogP contribution in [-0.4, -0.2) is 12.1 Å². The van der Waals surface area contributed by atoms with Crippen LogP contribution in [0, 0.1) is 0 Å². The third-order valence-corrected chi connectivity index (χ3v) is 5.68. The summed E-state index contributed by atoms with van der Waals surface area (Å²) in [6.45, 7) is 2.24. The molecule has 3 heteroatoms. The van der Waals surface area contributed by atoms with Crippen LogP contribution >= 0.6 is 0 Å². The van der Waals surface area contributed by atoms with E-state index >= 15 is 0 Å². The van der Waals surface area contributed by atoms with Gasteiger partial charge in [0.15, 0.2) is 0 Å². The largest absolute Gasteiger partial charge is 0.497 e. The number of benzene rings is 2. The van der Waals surface area contributed by atoms with E-state index in [1.807, 2.05) is 12.1 Å². The second kappa shape index (κ2) is 5.67. The standard InChI is InChI=1S/C21H24N2O/c1-14(15-9-11-16(24-2)12-10-15)21(22)13-5-7-18-17-6-3-4-8-19(17)23-20(18)21/h3-4,6,8-12,14,23H,5,7,13,22H2,1-2H3/t14-,21?/m1/s1. The van der Waals surface area contributed by atoms with Crippen LogP contribution in [0.2, 0.25) is 0 Å². The summed E-state index contributed by atoms with van der Waals surface area (Å²) in [6.07, 6.45) is 3.24. The molecule has 2 aromatic carbocycles. The van der Waals surface area contributed by atoms with Crippen molar-refractivity contribution in [2.45, 2.75) is 37.6 Å². The number of nitrogens with one attached hydrogen (secondary N) is 1. The van der Waals surface area contributed by atoms with Crippen LogP contribution in [0.3, 0.4) is 0 Å². The highest BCUT2D eigenvalue weighted by Crippen LogP contribution is 2.45. The summed E-state index contributed by atoms with van der Waals surface area (Å²) in [5.41, 5.74) is 11.7.